The van der Waals surface area contributed by atoms with E-state index in [-0.39, 0.29) is 16.6 Å². The van der Waals surface area contributed by atoms with Crippen molar-refractivity contribution in [2.75, 3.05) is 6.54 Å². The van der Waals surface area contributed by atoms with Crippen LogP contribution in [-0.4, -0.2) is 26.9 Å². The lowest BCUT2D eigenvalue weighted by Crippen LogP contribution is -2.24. The van der Waals surface area contributed by atoms with E-state index < -0.39 is 16.0 Å². The fourth-order valence-corrected chi connectivity index (χ4v) is 3.21. The third-order valence-corrected chi connectivity index (χ3v) is 5.01. The van der Waals surface area contributed by atoms with Gasteiger partial charge in [-0.25, -0.2) is 22.9 Å². The van der Waals surface area contributed by atoms with Gasteiger partial charge in [0.1, 0.15) is 5.75 Å². The van der Waals surface area contributed by atoms with Crippen LogP contribution in [-0.2, 0) is 10.0 Å². The highest BCUT2D eigenvalue weighted by molar-refractivity contribution is 7.89. The number of nitrogens with one attached hydrogen (secondary N) is 1. The molecule has 0 aliphatic rings. The van der Waals surface area contributed by atoms with Crippen molar-refractivity contribution in [3.63, 3.8) is 0 Å². The summed E-state index contributed by atoms with van der Waals surface area (Å²) in [6.45, 7) is 2.36. The number of esters is 1. The molecule has 2 aromatic carbocycles. The number of carbonyl (C=O) groups is 1. The molecule has 0 saturated heterocycles. The van der Waals surface area contributed by atoms with Gasteiger partial charge in [-0.2, -0.15) is 0 Å². The van der Waals surface area contributed by atoms with Crippen molar-refractivity contribution in [3.05, 3.63) is 54.1 Å². The maximum absolute atomic E-state index is 12.2. The number of guanidine groups is 1. The Balaban J connectivity index is 2.03. The number of sulfonamides is 1. The topological polar surface area (TPSA) is 137 Å². The van der Waals surface area contributed by atoms with Gasteiger partial charge < -0.3 is 16.2 Å². The van der Waals surface area contributed by atoms with Crippen LogP contribution < -0.4 is 20.9 Å². The van der Waals surface area contributed by atoms with Gasteiger partial charge in [0.2, 0.25) is 10.0 Å². The molecule has 9 heteroatoms. The van der Waals surface area contributed by atoms with E-state index in [4.69, 9.17) is 16.2 Å². The Bertz CT molecular complexity index is 903. The molecule has 0 fully saturated rings. The number of nitrogens with zero attached hydrogens (tertiary/aromatic N) is 1. The highest BCUT2D eigenvalue weighted by Gasteiger charge is 2.14. The van der Waals surface area contributed by atoms with Gasteiger partial charge in [-0.15, -0.1) is 0 Å². The molecule has 0 radical (unpaired) electrons. The molecule has 0 aliphatic carbocycles. The van der Waals surface area contributed by atoms with Gasteiger partial charge >= 0.3 is 5.97 Å². The minimum Gasteiger partial charge on any atom is -0.423 e. The van der Waals surface area contributed by atoms with E-state index in [0.717, 1.165) is 12.8 Å². The third kappa shape index (κ3) is 6.08. The number of benzene rings is 2. The predicted molar refractivity (Wildman–Crippen MR) is 103 cm³/mol. The summed E-state index contributed by atoms with van der Waals surface area (Å²) in [5.41, 5.74) is 11.4. The van der Waals surface area contributed by atoms with Crippen LogP contribution in [0.2, 0.25) is 0 Å². The average molecular weight is 390 g/mol. The van der Waals surface area contributed by atoms with Crippen LogP contribution >= 0.6 is 0 Å². The van der Waals surface area contributed by atoms with Crippen molar-refractivity contribution >= 4 is 27.6 Å². The number of rotatable bonds is 8. The van der Waals surface area contributed by atoms with Crippen LogP contribution in [0.25, 0.3) is 0 Å². The Morgan fingerprint density at radius 3 is 2.26 bits per heavy atom. The van der Waals surface area contributed by atoms with Gasteiger partial charge in [0.05, 0.1) is 16.1 Å². The van der Waals surface area contributed by atoms with Crippen LogP contribution in [0.1, 0.15) is 30.1 Å². The van der Waals surface area contributed by atoms with Crippen LogP contribution in [0.3, 0.4) is 0 Å². The van der Waals surface area contributed by atoms with Crippen molar-refractivity contribution in [2.45, 2.75) is 24.7 Å². The molecule has 0 atom stereocenters. The van der Waals surface area contributed by atoms with Crippen molar-refractivity contribution < 1.29 is 17.9 Å². The maximum atomic E-state index is 12.2. The number of nitrogens with two attached hydrogens (primary N) is 2. The smallest absolute Gasteiger partial charge is 0.343 e. The number of unbranched alkanes of at least 4 members (excludes halogenated alkanes) is 1. The van der Waals surface area contributed by atoms with E-state index in [1.807, 2.05) is 6.92 Å². The summed E-state index contributed by atoms with van der Waals surface area (Å²) in [6.07, 6.45) is 1.65. The monoisotopic (exact) mass is 390 g/mol. The molecule has 27 heavy (non-hydrogen) atoms. The van der Waals surface area contributed by atoms with Gasteiger partial charge in [-0.3, -0.25) is 0 Å². The molecule has 0 heterocycles. The second kappa shape index (κ2) is 9.15. The van der Waals surface area contributed by atoms with Gasteiger partial charge in [-0.1, -0.05) is 13.3 Å². The Kier molecular flexibility index (Phi) is 6.91. The lowest BCUT2D eigenvalue weighted by Gasteiger charge is -2.08. The zero-order valence-corrected chi connectivity index (χ0v) is 15.7. The molecule has 0 unspecified atom stereocenters. The molecule has 0 amide bonds. The van der Waals surface area contributed by atoms with E-state index in [2.05, 4.69) is 9.71 Å². The average Bonchev–Trinajstić information content (AvgIpc) is 2.62. The normalized spacial score (nSPS) is 11.0. The first-order valence-electron chi connectivity index (χ1n) is 8.33. The van der Waals surface area contributed by atoms with Crippen LogP contribution in [0.15, 0.2) is 58.4 Å². The van der Waals surface area contributed by atoms with Gasteiger partial charge in [0.15, 0.2) is 5.96 Å². The fourth-order valence-electron chi connectivity index (χ4n) is 2.14. The van der Waals surface area contributed by atoms with Crippen LogP contribution in [0.4, 0.5) is 5.69 Å². The standard InChI is InChI=1S/C18H22N4O4S/c1-2-3-12-21-27(24,25)16-10-8-15(9-11-16)26-17(23)13-4-6-14(7-5-13)22-18(19)20/h4-11,21H,2-3,12H2,1H3,(H4,19,20,22). The van der Waals surface area contributed by atoms with E-state index in [1.54, 1.807) is 12.1 Å². The number of hydrogen-bond acceptors (Lipinski definition) is 5. The second-order valence-corrected chi connectivity index (χ2v) is 7.46. The van der Waals surface area contributed by atoms with E-state index in [9.17, 15) is 13.2 Å². The molecular formula is C18H22N4O4S. The Morgan fingerprint density at radius 2 is 1.70 bits per heavy atom. The first kappa shape index (κ1) is 20.4. The first-order valence-corrected chi connectivity index (χ1v) is 9.82. The van der Waals surface area contributed by atoms with E-state index >= 15 is 0 Å². The minimum absolute atomic E-state index is 0.0791. The van der Waals surface area contributed by atoms with Crippen molar-refractivity contribution in [1.82, 2.24) is 4.72 Å². The molecule has 5 N–H and O–H groups in total. The minimum atomic E-state index is -3.57. The molecule has 0 saturated carbocycles. The molecular weight excluding hydrogens is 368 g/mol. The largest absolute Gasteiger partial charge is 0.423 e. The van der Waals surface area contributed by atoms with Gasteiger partial charge in [-0.05, 0) is 55.0 Å². The summed E-state index contributed by atoms with van der Waals surface area (Å²) < 4.78 is 32.0. The maximum Gasteiger partial charge on any atom is 0.343 e. The van der Waals surface area contributed by atoms with Gasteiger partial charge in [0.25, 0.3) is 0 Å². The molecule has 0 bridgehead atoms. The number of hydrogen-bond donors (Lipinski definition) is 3. The summed E-state index contributed by atoms with van der Waals surface area (Å²) in [4.78, 5) is 16.1. The SMILES string of the molecule is CCCCNS(=O)(=O)c1ccc(OC(=O)c2ccc(N=C(N)N)cc2)cc1. The molecule has 144 valence electrons. The molecule has 2 rings (SSSR count). The lowest BCUT2D eigenvalue weighted by molar-refractivity contribution is 0.0734. The fraction of sp³-hybridized carbons (Fsp3) is 0.222. The highest BCUT2D eigenvalue weighted by Crippen LogP contribution is 2.18. The third-order valence-electron chi connectivity index (χ3n) is 3.53. The van der Waals surface area contributed by atoms with Crippen molar-refractivity contribution in [1.29, 1.82) is 0 Å². The second-order valence-electron chi connectivity index (χ2n) is 5.70. The first-order chi connectivity index (χ1) is 12.8. The number of aliphatic imine (C=N–C) groups is 1. The molecule has 8 nitrogen and oxygen atoms in total. The van der Waals surface area contributed by atoms with Crippen LogP contribution in [0.5, 0.6) is 5.75 Å². The summed E-state index contributed by atoms with van der Waals surface area (Å²) in [5.74, 6) is -0.423. The molecule has 0 spiro atoms. The lowest BCUT2D eigenvalue weighted by atomic mass is 10.2. The highest BCUT2D eigenvalue weighted by atomic mass is 32.2. The number of ether oxygens (including phenoxy) is 1. The summed E-state index contributed by atoms with van der Waals surface area (Å²) in [5, 5.41) is 0. The zero-order chi connectivity index (χ0) is 19.9. The molecule has 2 aromatic rings. The quantitative estimate of drug-likeness (QED) is 0.207. The Labute approximate surface area is 158 Å². The van der Waals surface area contributed by atoms with Crippen LogP contribution in [0, 0.1) is 0 Å². The summed E-state index contributed by atoms with van der Waals surface area (Å²) >= 11 is 0. The van der Waals surface area contributed by atoms with Gasteiger partial charge in [0, 0.05) is 6.54 Å². The Morgan fingerprint density at radius 1 is 1.07 bits per heavy atom. The molecule has 0 aromatic heterocycles. The number of carbonyl (C=O) groups excluding carboxylic acids is 1. The predicted octanol–water partition coefficient (Wildman–Crippen LogP) is 1.89. The van der Waals surface area contributed by atoms with E-state index in [1.165, 1.54) is 36.4 Å². The van der Waals surface area contributed by atoms with Crippen molar-refractivity contribution in [3.8, 4) is 5.75 Å². The Hall–Kier alpha value is -2.91. The van der Waals surface area contributed by atoms with E-state index in [0.29, 0.717) is 17.8 Å². The summed E-state index contributed by atoms with van der Waals surface area (Å²) in [6, 6.07) is 11.8. The molecule has 0 aliphatic heterocycles. The zero-order valence-electron chi connectivity index (χ0n) is 14.9. The van der Waals surface area contributed by atoms with Crippen molar-refractivity contribution in [2.24, 2.45) is 16.5 Å². The summed E-state index contributed by atoms with van der Waals surface area (Å²) in [7, 11) is -3.57.